The van der Waals surface area contributed by atoms with Gasteiger partial charge in [-0.05, 0) is 31.0 Å². The lowest BCUT2D eigenvalue weighted by Crippen LogP contribution is -2.33. The summed E-state index contributed by atoms with van der Waals surface area (Å²) in [4.78, 5) is 2.07. The fraction of sp³-hybridized carbons (Fsp3) is 0.357. The Morgan fingerprint density at radius 1 is 1.17 bits per heavy atom. The van der Waals surface area contributed by atoms with Crippen LogP contribution in [-0.4, -0.2) is 35.8 Å². The van der Waals surface area contributed by atoms with Gasteiger partial charge in [-0.3, -0.25) is 5.43 Å². The summed E-state index contributed by atoms with van der Waals surface area (Å²) in [6, 6.07) is 4.90. The number of hydrazone groups is 1. The van der Waals surface area contributed by atoms with Crippen LogP contribution < -0.4 is 11.6 Å². The highest BCUT2D eigenvalue weighted by atomic mass is 19.4. The zero-order valence-corrected chi connectivity index (χ0v) is 12.3. The van der Waals surface area contributed by atoms with Gasteiger partial charge in [0.15, 0.2) is 5.84 Å². The van der Waals surface area contributed by atoms with Gasteiger partial charge in [-0.25, -0.2) is 0 Å². The number of amidine groups is 1. The number of hydrogen-bond acceptors (Lipinski definition) is 6. The molecule has 0 radical (unpaired) electrons. The van der Waals surface area contributed by atoms with Crippen molar-refractivity contribution in [3.05, 3.63) is 29.8 Å². The standard InChI is InChI=1S/C14H14F3N5.H3N/c15-14(16,17)10-4-3-5-11(8-10)19-20-12-9-18-21-13(12)22-6-1-2-7-22;/h3-5,8-9,19H,1-2,6-7H2;1H3. The average molecular weight is 326 g/mol. The third kappa shape index (κ3) is 3.86. The summed E-state index contributed by atoms with van der Waals surface area (Å²) in [5, 5.41) is 12.0. The maximum atomic E-state index is 12.7. The van der Waals surface area contributed by atoms with Gasteiger partial charge in [0.2, 0.25) is 0 Å². The van der Waals surface area contributed by atoms with Crippen LogP contribution in [0.25, 0.3) is 0 Å². The Hall–Kier alpha value is -2.42. The molecule has 0 aromatic heterocycles. The summed E-state index contributed by atoms with van der Waals surface area (Å²) in [6.07, 6.45) is -0.698. The second-order valence-electron chi connectivity index (χ2n) is 5.05. The van der Waals surface area contributed by atoms with Crippen molar-refractivity contribution in [2.24, 2.45) is 15.3 Å². The molecule has 2 heterocycles. The highest BCUT2D eigenvalue weighted by molar-refractivity contribution is 6.63. The largest absolute Gasteiger partial charge is 0.416 e. The molecule has 2 aliphatic rings. The van der Waals surface area contributed by atoms with Crippen LogP contribution in [0.1, 0.15) is 18.4 Å². The van der Waals surface area contributed by atoms with Gasteiger partial charge in [-0.2, -0.15) is 23.4 Å². The van der Waals surface area contributed by atoms with E-state index in [0.29, 0.717) is 11.5 Å². The number of rotatable bonds is 2. The molecular weight excluding hydrogens is 309 g/mol. The molecule has 6 nitrogen and oxygen atoms in total. The van der Waals surface area contributed by atoms with E-state index in [4.69, 9.17) is 0 Å². The Kier molecular flexibility index (Phi) is 4.99. The van der Waals surface area contributed by atoms with Crippen LogP contribution in [-0.2, 0) is 6.18 Å². The van der Waals surface area contributed by atoms with E-state index < -0.39 is 11.7 Å². The smallest absolute Gasteiger partial charge is 0.353 e. The highest BCUT2D eigenvalue weighted by Crippen LogP contribution is 2.30. The highest BCUT2D eigenvalue weighted by Gasteiger charge is 2.30. The predicted octanol–water partition coefficient (Wildman–Crippen LogP) is 3.13. The number of likely N-dealkylation sites (tertiary alicyclic amines) is 1. The Morgan fingerprint density at radius 2 is 1.91 bits per heavy atom. The lowest BCUT2D eigenvalue weighted by molar-refractivity contribution is -0.137. The fourth-order valence-electron chi connectivity index (χ4n) is 2.37. The van der Waals surface area contributed by atoms with Crippen LogP contribution in [0.4, 0.5) is 18.9 Å². The van der Waals surface area contributed by atoms with Gasteiger partial charge >= 0.3 is 6.18 Å². The number of nitrogens with zero attached hydrogens (tertiary/aromatic N) is 4. The van der Waals surface area contributed by atoms with Gasteiger partial charge in [-0.15, -0.1) is 5.10 Å². The molecule has 0 saturated carbocycles. The summed E-state index contributed by atoms with van der Waals surface area (Å²) >= 11 is 0. The van der Waals surface area contributed by atoms with E-state index in [1.54, 1.807) is 0 Å². The molecule has 0 amide bonds. The lowest BCUT2D eigenvalue weighted by atomic mass is 10.2. The molecule has 2 aliphatic heterocycles. The van der Waals surface area contributed by atoms with Crippen LogP contribution in [0.5, 0.6) is 0 Å². The first-order valence-corrected chi connectivity index (χ1v) is 6.91. The zero-order valence-electron chi connectivity index (χ0n) is 12.3. The van der Waals surface area contributed by atoms with Crippen LogP contribution in [0.15, 0.2) is 39.6 Å². The van der Waals surface area contributed by atoms with E-state index in [0.717, 1.165) is 38.1 Å². The van der Waals surface area contributed by atoms with E-state index in [-0.39, 0.29) is 11.8 Å². The number of hydrogen-bond donors (Lipinski definition) is 2. The van der Waals surface area contributed by atoms with Gasteiger partial charge in [0.25, 0.3) is 0 Å². The van der Waals surface area contributed by atoms with Crippen LogP contribution >= 0.6 is 0 Å². The summed E-state index contributed by atoms with van der Waals surface area (Å²) in [5.74, 6) is 0.664. The molecule has 1 saturated heterocycles. The maximum absolute atomic E-state index is 12.7. The molecule has 124 valence electrons. The third-order valence-electron chi connectivity index (χ3n) is 3.46. The Balaban J connectivity index is 0.00000192. The van der Waals surface area contributed by atoms with Crippen LogP contribution in [0.2, 0.25) is 0 Å². The van der Waals surface area contributed by atoms with E-state index in [9.17, 15) is 13.2 Å². The molecule has 0 spiro atoms. The molecule has 4 N–H and O–H groups in total. The van der Waals surface area contributed by atoms with Gasteiger partial charge in [0.05, 0.1) is 17.5 Å². The second kappa shape index (κ2) is 6.78. The monoisotopic (exact) mass is 326 g/mol. The van der Waals surface area contributed by atoms with Crippen molar-refractivity contribution >= 4 is 23.4 Å². The van der Waals surface area contributed by atoms with E-state index in [1.165, 1.54) is 18.3 Å². The van der Waals surface area contributed by atoms with Crippen LogP contribution in [0, 0.1) is 0 Å². The lowest BCUT2D eigenvalue weighted by Gasteiger charge is -2.16. The van der Waals surface area contributed by atoms with Gasteiger partial charge < -0.3 is 11.1 Å². The number of benzene rings is 1. The molecule has 3 rings (SSSR count). The van der Waals surface area contributed by atoms with Crippen molar-refractivity contribution in [3.8, 4) is 0 Å². The van der Waals surface area contributed by atoms with Crippen molar-refractivity contribution in [1.82, 2.24) is 11.1 Å². The van der Waals surface area contributed by atoms with E-state index in [2.05, 4.69) is 25.6 Å². The molecule has 1 aromatic rings. The Bertz CT molecular complexity index is 644. The van der Waals surface area contributed by atoms with Crippen molar-refractivity contribution in [2.75, 3.05) is 18.5 Å². The SMILES string of the molecule is FC(F)(F)c1cccc(NN=C2C=NN=C2N2CCCC2)c1.N. The minimum Gasteiger partial charge on any atom is -0.353 e. The zero-order chi connectivity index (χ0) is 15.6. The number of halogens is 3. The van der Waals surface area contributed by atoms with E-state index in [1.807, 2.05) is 0 Å². The minimum absolute atomic E-state index is 0. The molecule has 0 bridgehead atoms. The maximum Gasteiger partial charge on any atom is 0.416 e. The summed E-state index contributed by atoms with van der Waals surface area (Å²) in [5.41, 5.74) is 2.72. The van der Waals surface area contributed by atoms with Crippen molar-refractivity contribution in [3.63, 3.8) is 0 Å². The second-order valence-corrected chi connectivity index (χ2v) is 5.05. The molecular formula is C14H17F3N6. The molecule has 1 aromatic carbocycles. The first-order valence-electron chi connectivity index (χ1n) is 6.91. The normalized spacial score (nSPS) is 19.0. The molecule has 23 heavy (non-hydrogen) atoms. The first-order chi connectivity index (χ1) is 10.5. The summed E-state index contributed by atoms with van der Waals surface area (Å²) < 4.78 is 38.0. The first kappa shape index (κ1) is 16.9. The van der Waals surface area contributed by atoms with Crippen molar-refractivity contribution in [1.29, 1.82) is 0 Å². The predicted molar refractivity (Wildman–Crippen MR) is 84.3 cm³/mol. The third-order valence-corrected chi connectivity index (χ3v) is 3.46. The molecule has 9 heteroatoms. The van der Waals surface area contributed by atoms with Gasteiger partial charge in [-0.1, -0.05) is 6.07 Å². The quantitative estimate of drug-likeness (QED) is 0.819. The Labute approximate surface area is 131 Å². The van der Waals surface area contributed by atoms with Gasteiger partial charge in [0.1, 0.15) is 5.71 Å². The summed E-state index contributed by atoms with van der Waals surface area (Å²) in [7, 11) is 0. The van der Waals surface area contributed by atoms with Crippen molar-refractivity contribution in [2.45, 2.75) is 19.0 Å². The topological polar surface area (TPSA) is 87.3 Å². The number of anilines is 1. The summed E-state index contributed by atoms with van der Waals surface area (Å²) in [6.45, 7) is 1.79. The number of alkyl halides is 3. The van der Waals surface area contributed by atoms with E-state index >= 15 is 0 Å². The van der Waals surface area contributed by atoms with Gasteiger partial charge in [0, 0.05) is 13.1 Å². The number of nitrogens with one attached hydrogen (secondary N) is 1. The average Bonchev–Trinajstić information content (AvgIpc) is 3.15. The molecule has 1 fully saturated rings. The molecule has 0 atom stereocenters. The molecule has 0 unspecified atom stereocenters. The fourth-order valence-corrected chi connectivity index (χ4v) is 2.37. The molecule has 0 aliphatic carbocycles. The van der Waals surface area contributed by atoms with Crippen molar-refractivity contribution < 1.29 is 13.2 Å². The van der Waals surface area contributed by atoms with Crippen LogP contribution in [0.3, 0.4) is 0 Å². The minimum atomic E-state index is -4.37. The Morgan fingerprint density at radius 3 is 2.61 bits per heavy atom.